The van der Waals surface area contributed by atoms with Crippen molar-refractivity contribution >= 4 is 0 Å². The zero-order chi connectivity index (χ0) is 10.4. The maximum atomic E-state index is 5.46. The van der Waals surface area contributed by atoms with E-state index in [1.165, 1.54) is 5.57 Å². The lowest BCUT2D eigenvalue weighted by Gasteiger charge is -2.16. The van der Waals surface area contributed by atoms with Crippen molar-refractivity contribution in [2.24, 2.45) is 0 Å². The summed E-state index contributed by atoms with van der Waals surface area (Å²) in [6.45, 7) is 2.68. The molecule has 2 nitrogen and oxygen atoms in total. The molecule has 0 aromatic carbocycles. The van der Waals surface area contributed by atoms with Gasteiger partial charge >= 0.3 is 0 Å². The smallest absolute Gasteiger partial charge is 0.188 e. The van der Waals surface area contributed by atoms with E-state index < -0.39 is 0 Å². The van der Waals surface area contributed by atoms with Gasteiger partial charge in [0.05, 0.1) is 6.61 Å². The van der Waals surface area contributed by atoms with Gasteiger partial charge in [0.2, 0.25) is 0 Å². The minimum absolute atomic E-state index is 0.693. The second-order valence-corrected chi connectivity index (χ2v) is 3.22. The summed E-state index contributed by atoms with van der Waals surface area (Å²) in [5, 5.41) is 0. The minimum atomic E-state index is 0.693. The monoisotopic (exact) mass is 191 g/mol. The zero-order valence-corrected chi connectivity index (χ0v) is 9.03. The maximum Gasteiger partial charge on any atom is 0.188 e. The standard InChI is InChI=1S/C12H17NO/c1-4-14-12(13(2)3)10-9-11-7-5-6-8-11/h5-10H,4H2,1-3H3/b12-10+. The fraction of sp³-hybridized carbons (Fsp3) is 0.333. The molecule has 0 N–H and O–H groups in total. The number of hydrogen-bond donors (Lipinski definition) is 0. The van der Waals surface area contributed by atoms with Crippen LogP contribution in [0.4, 0.5) is 0 Å². The van der Waals surface area contributed by atoms with E-state index in [2.05, 4.69) is 12.2 Å². The van der Waals surface area contributed by atoms with Gasteiger partial charge in [-0.15, -0.1) is 0 Å². The summed E-state index contributed by atoms with van der Waals surface area (Å²) in [5.74, 6) is 0.883. The highest BCUT2D eigenvalue weighted by Crippen LogP contribution is 2.09. The van der Waals surface area contributed by atoms with Gasteiger partial charge < -0.3 is 9.64 Å². The Hall–Kier alpha value is -1.44. The fourth-order valence-corrected chi connectivity index (χ4v) is 1.14. The van der Waals surface area contributed by atoms with Crippen LogP contribution in [0.3, 0.4) is 0 Å². The van der Waals surface area contributed by atoms with Crippen LogP contribution in [-0.4, -0.2) is 25.6 Å². The van der Waals surface area contributed by atoms with E-state index in [0.29, 0.717) is 6.61 Å². The van der Waals surface area contributed by atoms with Crippen molar-refractivity contribution in [1.82, 2.24) is 4.90 Å². The van der Waals surface area contributed by atoms with Crippen molar-refractivity contribution in [3.63, 3.8) is 0 Å². The molecular weight excluding hydrogens is 174 g/mol. The largest absolute Gasteiger partial charge is 0.479 e. The Balaban J connectivity index is 2.67. The van der Waals surface area contributed by atoms with Crippen LogP contribution in [0.15, 0.2) is 47.9 Å². The molecule has 0 spiro atoms. The van der Waals surface area contributed by atoms with Gasteiger partial charge in [-0.25, -0.2) is 0 Å². The van der Waals surface area contributed by atoms with Crippen molar-refractivity contribution < 1.29 is 4.74 Å². The van der Waals surface area contributed by atoms with Crippen LogP contribution >= 0.6 is 0 Å². The predicted octanol–water partition coefficient (Wildman–Crippen LogP) is 2.48. The number of allylic oxidation sites excluding steroid dienone is 7. The van der Waals surface area contributed by atoms with Crippen LogP contribution in [0.2, 0.25) is 0 Å². The molecule has 0 heterocycles. The van der Waals surface area contributed by atoms with Crippen molar-refractivity contribution in [3.05, 3.63) is 47.9 Å². The van der Waals surface area contributed by atoms with Crippen LogP contribution in [0, 0.1) is 0 Å². The number of nitrogens with zero attached hydrogens (tertiary/aromatic N) is 1. The molecule has 76 valence electrons. The molecule has 0 saturated heterocycles. The molecule has 0 unspecified atom stereocenters. The van der Waals surface area contributed by atoms with Gasteiger partial charge in [0.1, 0.15) is 0 Å². The molecule has 0 fully saturated rings. The molecule has 0 saturated carbocycles. The molecule has 0 atom stereocenters. The SMILES string of the molecule is CCO/C(=C/C=C1C=CC=C1)N(C)C. The van der Waals surface area contributed by atoms with Gasteiger partial charge in [0, 0.05) is 14.1 Å². The molecule has 0 radical (unpaired) electrons. The molecule has 2 heteroatoms. The van der Waals surface area contributed by atoms with Crippen LogP contribution in [0.1, 0.15) is 6.92 Å². The number of rotatable bonds is 4. The first-order chi connectivity index (χ1) is 6.74. The molecule has 1 aliphatic rings. The summed E-state index contributed by atoms with van der Waals surface area (Å²) in [6.07, 6.45) is 12.2. The molecule has 1 rings (SSSR count). The van der Waals surface area contributed by atoms with Gasteiger partial charge in [-0.3, -0.25) is 0 Å². The minimum Gasteiger partial charge on any atom is -0.479 e. The molecule has 14 heavy (non-hydrogen) atoms. The van der Waals surface area contributed by atoms with Gasteiger partial charge in [0.15, 0.2) is 5.88 Å². The summed E-state index contributed by atoms with van der Waals surface area (Å²) >= 11 is 0. The molecule has 0 aliphatic heterocycles. The Morgan fingerprint density at radius 1 is 1.36 bits per heavy atom. The van der Waals surface area contributed by atoms with E-state index in [4.69, 9.17) is 4.74 Å². The van der Waals surface area contributed by atoms with Gasteiger partial charge in [-0.2, -0.15) is 0 Å². The first kappa shape index (κ1) is 10.6. The first-order valence-electron chi connectivity index (χ1n) is 4.81. The Morgan fingerprint density at radius 2 is 2.00 bits per heavy atom. The normalized spacial score (nSPS) is 14.8. The second kappa shape index (κ2) is 5.32. The van der Waals surface area contributed by atoms with Crippen molar-refractivity contribution in [2.75, 3.05) is 20.7 Å². The topological polar surface area (TPSA) is 12.5 Å². The quantitative estimate of drug-likeness (QED) is 0.633. The van der Waals surface area contributed by atoms with Crippen molar-refractivity contribution in [2.45, 2.75) is 6.92 Å². The highest BCUT2D eigenvalue weighted by molar-refractivity contribution is 5.41. The van der Waals surface area contributed by atoms with E-state index in [1.807, 2.05) is 50.2 Å². The lowest BCUT2D eigenvalue weighted by Crippen LogP contribution is -2.13. The molecule has 0 aromatic heterocycles. The van der Waals surface area contributed by atoms with Crippen molar-refractivity contribution in [3.8, 4) is 0 Å². The van der Waals surface area contributed by atoms with E-state index in [1.54, 1.807) is 0 Å². The summed E-state index contributed by atoms with van der Waals surface area (Å²) in [7, 11) is 3.95. The van der Waals surface area contributed by atoms with Crippen LogP contribution in [-0.2, 0) is 4.74 Å². The molecule has 0 aromatic rings. The van der Waals surface area contributed by atoms with E-state index >= 15 is 0 Å². The van der Waals surface area contributed by atoms with Crippen LogP contribution in [0.5, 0.6) is 0 Å². The highest BCUT2D eigenvalue weighted by Gasteiger charge is 1.97. The number of ether oxygens (including phenoxy) is 1. The van der Waals surface area contributed by atoms with Crippen molar-refractivity contribution in [1.29, 1.82) is 0 Å². The summed E-state index contributed by atoms with van der Waals surface area (Å²) in [4.78, 5) is 1.96. The Labute approximate surface area is 85.9 Å². The Bertz CT molecular complexity index is 281. The molecule has 1 aliphatic carbocycles. The van der Waals surface area contributed by atoms with E-state index in [0.717, 1.165) is 5.88 Å². The number of hydrogen-bond acceptors (Lipinski definition) is 2. The molecule has 0 bridgehead atoms. The fourth-order valence-electron chi connectivity index (χ4n) is 1.14. The van der Waals surface area contributed by atoms with Crippen LogP contribution < -0.4 is 0 Å². The Kier molecular flexibility index (Phi) is 4.05. The third-order valence-electron chi connectivity index (χ3n) is 1.84. The first-order valence-corrected chi connectivity index (χ1v) is 4.81. The van der Waals surface area contributed by atoms with Gasteiger partial charge in [-0.05, 0) is 24.6 Å². The van der Waals surface area contributed by atoms with E-state index in [9.17, 15) is 0 Å². The zero-order valence-electron chi connectivity index (χ0n) is 9.03. The predicted molar refractivity (Wildman–Crippen MR) is 59.8 cm³/mol. The average Bonchev–Trinajstić information content (AvgIpc) is 2.64. The summed E-state index contributed by atoms with van der Waals surface area (Å²) in [6, 6.07) is 0. The summed E-state index contributed by atoms with van der Waals surface area (Å²) < 4.78 is 5.46. The molecular formula is C12H17NO. The maximum absolute atomic E-state index is 5.46. The lowest BCUT2D eigenvalue weighted by molar-refractivity contribution is 0.152. The van der Waals surface area contributed by atoms with E-state index in [-0.39, 0.29) is 0 Å². The third kappa shape index (κ3) is 3.13. The van der Waals surface area contributed by atoms with Gasteiger partial charge in [0.25, 0.3) is 0 Å². The average molecular weight is 191 g/mol. The summed E-state index contributed by atoms with van der Waals surface area (Å²) in [5.41, 5.74) is 1.20. The van der Waals surface area contributed by atoms with Crippen LogP contribution in [0.25, 0.3) is 0 Å². The molecule has 0 amide bonds. The van der Waals surface area contributed by atoms with Gasteiger partial charge in [-0.1, -0.05) is 24.3 Å². The Morgan fingerprint density at radius 3 is 2.50 bits per heavy atom. The second-order valence-electron chi connectivity index (χ2n) is 3.22. The third-order valence-corrected chi connectivity index (χ3v) is 1.84. The highest BCUT2D eigenvalue weighted by atomic mass is 16.5. The lowest BCUT2D eigenvalue weighted by atomic mass is 10.3.